The Labute approximate surface area is 217 Å². The number of aryl methyl sites for hydroxylation is 1. The summed E-state index contributed by atoms with van der Waals surface area (Å²) in [6.07, 6.45) is 2.65. The number of hydrogen-bond acceptors (Lipinski definition) is 3. The summed E-state index contributed by atoms with van der Waals surface area (Å²) in [5.41, 5.74) is 2.19. The molecule has 1 N–H and O–H groups in total. The van der Waals surface area contributed by atoms with Crippen LogP contribution < -0.4 is 5.32 Å². The second-order valence-corrected chi connectivity index (χ2v) is 11.7. The van der Waals surface area contributed by atoms with Crippen LogP contribution in [0, 0.1) is 30.4 Å². The number of carbonyl (C=O) groups excluding carboxylic acids is 1. The highest BCUT2D eigenvalue weighted by atomic mass is 32.2. The number of rotatable bonds is 9. The molecule has 0 heterocycles. The summed E-state index contributed by atoms with van der Waals surface area (Å²) in [4.78, 5) is 12.8. The van der Waals surface area contributed by atoms with Crippen LogP contribution in [-0.2, 0) is 27.9 Å². The van der Waals surface area contributed by atoms with E-state index in [9.17, 15) is 22.0 Å². The third-order valence-corrected chi connectivity index (χ3v) is 8.83. The number of amides is 1. The molecule has 0 radical (unpaired) electrons. The van der Waals surface area contributed by atoms with E-state index in [1.165, 1.54) is 16.4 Å². The third kappa shape index (κ3) is 7.02. The van der Waals surface area contributed by atoms with Gasteiger partial charge >= 0.3 is 0 Å². The Hall–Kier alpha value is -3.10. The van der Waals surface area contributed by atoms with Crippen LogP contribution in [0.5, 0.6) is 0 Å². The number of carbonyl (C=O) groups is 1. The van der Waals surface area contributed by atoms with Gasteiger partial charge in [0, 0.05) is 31.1 Å². The van der Waals surface area contributed by atoms with Crippen molar-refractivity contribution in [2.75, 3.05) is 6.54 Å². The van der Waals surface area contributed by atoms with Crippen molar-refractivity contribution in [1.29, 1.82) is 0 Å². The molecule has 0 saturated heterocycles. The lowest BCUT2D eigenvalue weighted by Crippen LogP contribution is -2.38. The number of benzene rings is 3. The second kappa shape index (κ2) is 12.0. The number of hydrogen-bond donors (Lipinski definition) is 1. The van der Waals surface area contributed by atoms with E-state index in [0.29, 0.717) is 32.2 Å². The fraction of sp³-hybridized carbons (Fsp3) is 0.345. The SMILES string of the molecule is Cc1ccc(CNC(=O)C2CCC(CN(Cc3cc(F)ccc3F)S(=O)(=O)c3ccccc3)CC2)cc1. The first-order valence-electron chi connectivity index (χ1n) is 12.5. The van der Waals surface area contributed by atoms with Crippen molar-refractivity contribution in [3.63, 3.8) is 0 Å². The zero-order valence-corrected chi connectivity index (χ0v) is 21.7. The van der Waals surface area contributed by atoms with Crippen molar-refractivity contribution in [3.8, 4) is 0 Å². The quantitative estimate of drug-likeness (QED) is 0.396. The molecule has 0 atom stereocenters. The van der Waals surface area contributed by atoms with Crippen LogP contribution in [0.15, 0.2) is 77.7 Å². The van der Waals surface area contributed by atoms with Crippen LogP contribution in [0.4, 0.5) is 8.78 Å². The molecule has 8 heteroatoms. The van der Waals surface area contributed by atoms with Gasteiger partial charge in [-0.2, -0.15) is 4.31 Å². The Kier molecular flexibility index (Phi) is 8.71. The molecule has 5 nitrogen and oxygen atoms in total. The van der Waals surface area contributed by atoms with E-state index in [1.807, 2.05) is 31.2 Å². The fourth-order valence-corrected chi connectivity index (χ4v) is 6.29. The lowest BCUT2D eigenvalue weighted by atomic mass is 9.81. The molecule has 196 valence electrons. The minimum Gasteiger partial charge on any atom is -0.352 e. The van der Waals surface area contributed by atoms with Gasteiger partial charge in [0.25, 0.3) is 0 Å². The van der Waals surface area contributed by atoms with Gasteiger partial charge in [0.05, 0.1) is 4.90 Å². The number of nitrogens with one attached hydrogen (secondary N) is 1. The first-order chi connectivity index (χ1) is 17.7. The summed E-state index contributed by atoms with van der Waals surface area (Å²) in [6.45, 7) is 2.39. The molecule has 1 aliphatic rings. The van der Waals surface area contributed by atoms with Crippen molar-refractivity contribution in [2.24, 2.45) is 11.8 Å². The van der Waals surface area contributed by atoms with E-state index in [4.69, 9.17) is 0 Å². The highest BCUT2D eigenvalue weighted by molar-refractivity contribution is 7.89. The molecule has 4 rings (SSSR count). The first-order valence-corrected chi connectivity index (χ1v) is 14.0. The summed E-state index contributed by atoms with van der Waals surface area (Å²) in [6, 6.07) is 19.1. The van der Waals surface area contributed by atoms with Crippen molar-refractivity contribution < 1.29 is 22.0 Å². The molecule has 1 saturated carbocycles. The second-order valence-electron chi connectivity index (χ2n) is 9.77. The Morgan fingerprint density at radius 2 is 1.62 bits per heavy atom. The monoisotopic (exact) mass is 526 g/mol. The maximum absolute atomic E-state index is 14.4. The smallest absolute Gasteiger partial charge is 0.243 e. The maximum atomic E-state index is 14.4. The minimum atomic E-state index is -3.94. The Morgan fingerprint density at radius 1 is 0.946 bits per heavy atom. The van der Waals surface area contributed by atoms with Crippen molar-refractivity contribution >= 4 is 15.9 Å². The zero-order chi connectivity index (χ0) is 26.4. The summed E-state index contributed by atoms with van der Waals surface area (Å²) in [5, 5.41) is 3.01. The van der Waals surface area contributed by atoms with E-state index in [0.717, 1.165) is 29.3 Å². The summed E-state index contributed by atoms with van der Waals surface area (Å²) >= 11 is 0. The molecule has 0 aromatic heterocycles. The largest absolute Gasteiger partial charge is 0.352 e. The van der Waals surface area contributed by atoms with Crippen molar-refractivity contribution in [3.05, 3.63) is 101 Å². The summed E-state index contributed by atoms with van der Waals surface area (Å²) in [5.74, 6) is -1.37. The Morgan fingerprint density at radius 3 is 2.30 bits per heavy atom. The van der Waals surface area contributed by atoms with Crippen LogP contribution in [-0.4, -0.2) is 25.2 Å². The van der Waals surface area contributed by atoms with Crippen LogP contribution in [0.1, 0.15) is 42.4 Å². The van der Waals surface area contributed by atoms with Gasteiger partial charge in [-0.1, -0.05) is 48.0 Å². The summed E-state index contributed by atoms with van der Waals surface area (Å²) < 4.78 is 56.4. The van der Waals surface area contributed by atoms with E-state index < -0.39 is 21.7 Å². The van der Waals surface area contributed by atoms with E-state index in [2.05, 4.69) is 5.32 Å². The predicted molar refractivity (Wildman–Crippen MR) is 139 cm³/mol. The highest BCUT2D eigenvalue weighted by Crippen LogP contribution is 2.32. The highest BCUT2D eigenvalue weighted by Gasteiger charge is 2.32. The van der Waals surface area contributed by atoms with E-state index in [-0.39, 0.29) is 41.3 Å². The molecule has 3 aromatic carbocycles. The Bertz CT molecular complexity index is 1310. The minimum absolute atomic E-state index is 0.00891. The van der Waals surface area contributed by atoms with Crippen LogP contribution in [0.3, 0.4) is 0 Å². The average molecular weight is 527 g/mol. The van der Waals surface area contributed by atoms with Gasteiger partial charge in [-0.15, -0.1) is 0 Å². The molecule has 0 unspecified atom stereocenters. The Balaban J connectivity index is 1.41. The normalized spacial score (nSPS) is 18.1. The molecule has 0 spiro atoms. The van der Waals surface area contributed by atoms with E-state index >= 15 is 0 Å². The fourth-order valence-electron chi connectivity index (χ4n) is 4.78. The van der Waals surface area contributed by atoms with Crippen LogP contribution >= 0.6 is 0 Å². The zero-order valence-electron chi connectivity index (χ0n) is 20.9. The molecule has 3 aromatic rings. The number of halogens is 2. The third-order valence-electron chi connectivity index (χ3n) is 7.00. The lowest BCUT2D eigenvalue weighted by molar-refractivity contribution is -0.126. The standard InChI is InChI=1S/C29H32F2N2O3S/c1-21-7-9-22(10-8-21)18-32-29(34)24-13-11-23(12-14-24)19-33(20-25-17-26(30)15-16-28(25)31)37(35,36)27-5-3-2-4-6-27/h2-10,15-17,23-24H,11-14,18-20H2,1H3,(H,32,34). The molecule has 37 heavy (non-hydrogen) atoms. The van der Waals surface area contributed by atoms with Gasteiger partial charge in [0.1, 0.15) is 11.6 Å². The number of nitrogens with zero attached hydrogens (tertiary/aromatic N) is 1. The maximum Gasteiger partial charge on any atom is 0.243 e. The first kappa shape index (κ1) is 26.9. The van der Waals surface area contributed by atoms with Gasteiger partial charge in [0.2, 0.25) is 15.9 Å². The molecular weight excluding hydrogens is 494 g/mol. The van der Waals surface area contributed by atoms with Gasteiger partial charge in [-0.25, -0.2) is 17.2 Å². The average Bonchev–Trinajstić information content (AvgIpc) is 2.90. The molecule has 1 amide bonds. The molecular formula is C29H32F2N2O3S. The van der Waals surface area contributed by atoms with Crippen molar-refractivity contribution in [2.45, 2.75) is 50.6 Å². The van der Waals surface area contributed by atoms with Crippen LogP contribution in [0.25, 0.3) is 0 Å². The molecule has 1 aliphatic carbocycles. The van der Waals surface area contributed by atoms with Crippen LogP contribution in [0.2, 0.25) is 0 Å². The predicted octanol–water partition coefficient (Wildman–Crippen LogP) is 5.59. The van der Waals surface area contributed by atoms with E-state index in [1.54, 1.807) is 18.2 Å². The topological polar surface area (TPSA) is 66.5 Å². The number of sulfonamides is 1. The summed E-state index contributed by atoms with van der Waals surface area (Å²) in [7, 11) is -3.94. The van der Waals surface area contributed by atoms with Crippen molar-refractivity contribution in [1.82, 2.24) is 9.62 Å². The molecule has 0 bridgehead atoms. The van der Waals surface area contributed by atoms with Gasteiger partial charge in [-0.3, -0.25) is 4.79 Å². The van der Waals surface area contributed by atoms with Gasteiger partial charge in [-0.05, 0) is 74.4 Å². The molecule has 0 aliphatic heterocycles. The molecule has 1 fully saturated rings. The lowest BCUT2D eigenvalue weighted by Gasteiger charge is -2.32. The van der Waals surface area contributed by atoms with Gasteiger partial charge in [0.15, 0.2) is 0 Å². The van der Waals surface area contributed by atoms with Gasteiger partial charge < -0.3 is 5.32 Å².